The van der Waals surface area contributed by atoms with Gasteiger partial charge >= 0.3 is 5.97 Å². The number of nitrogens with zero attached hydrogens (tertiary/aromatic N) is 2. The van der Waals surface area contributed by atoms with Gasteiger partial charge in [-0.1, -0.05) is 53.3 Å². The van der Waals surface area contributed by atoms with Gasteiger partial charge in [-0.2, -0.15) is 0 Å². The molecule has 1 N–H and O–H groups in total. The average Bonchev–Trinajstić information content (AvgIpc) is 3.29. The number of anilines is 1. The number of fused-ring (bicyclic) bond motifs is 1. The normalized spacial score (nSPS) is 11.1. The first-order valence-electron chi connectivity index (χ1n) is 10.1. The van der Waals surface area contributed by atoms with Gasteiger partial charge in [-0.05, 0) is 44.7 Å². The second-order valence-corrected chi connectivity index (χ2v) is 9.09. The highest BCUT2D eigenvalue weighted by molar-refractivity contribution is 7.98. The molecule has 0 bridgehead atoms. The molecule has 0 saturated heterocycles. The van der Waals surface area contributed by atoms with Gasteiger partial charge in [0.1, 0.15) is 16.4 Å². The van der Waals surface area contributed by atoms with Crippen molar-refractivity contribution in [1.29, 1.82) is 0 Å². The van der Waals surface area contributed by atoms with Gasteiger partial charge in [-0.25, -0.2) is 9.78 Å². The molecule has 0 radical (unpaired) electrons. The third-order valence-corrected chi connectivity index (χ3v) is 6.94. The van der Waals surface area contributed by atoms with E-state index in [0.717, 1.165) is 27.7 Å². The van der Waals surface area contributed by atoms with E-state index in [9.17, 15) is 4.79 Å². The van der Waals surface area contributed by atoms with Gasteiger partial charge in [0.2, 0.25) is 0 Å². The molecule has 0 spiro atoms. The number of imidazole rings is 1. The van der Waals surface area contributed by atoms with E-state index in [0.29, 0.717) is 18.0 Å². The number of hydrogen-bond donors (Lipinski definition) is 1. The van der Waals surface area contributed by atoms with Crippen molar-refractivity contribution < 1.29 is 9.53 Å². The second kappa shape index (κ2) is 9.16. The highest BCUT2D eigenvalue weighted by Gasteiger charge is 2.23. The van der Waals surface area contributed by atoms with Gasteiger partial charge in [-0.3, -0.25) is 4.40 Å². The molecule has 2 aromatic heterocycles. The summed E-state index contributed by atoms with van der Waals surface area (Å²) in [5, 5.41) is 3.58. The van der Waals surface area contributed by atoms with Gasteiger partial charge in [0.15, 0.2) is 4.96 Å². The molecule has 0 unspecified atom stereocenters. The summed E-state index contributed by atoms with van der Waals surface area (Å²) in [6, 6.07) is 16.8. The van der Waals surface area contributed by atoms with E-state index in [-0.39, 0.29) is 5.97 Å². The van der Waals surface area contributed by atoms with E-state index in [2.05, 4.69) is 67.0 Å². The molecule has 0 fully saturated rings. The fourth-order valence-corrected chi connectivity index (χ4v) is 4.98. The fraction of sp³-hybridized carbons (Fsp3) is 0.250. The number of thiazole rings is 1. The Morgan fingerprint density at radius 1 is 1.19 bits per heavy atom. The van der Waals surface area contributed by atoms with Crippen LogP contribution in [0.3, 0.4) is 0 Å². The lowest BCUT2D eigenvalue weighted by Crippen LogP contribution is -2.07. The molecule has 4 aromatic rings. The van der Waals surface area contributed by atoms with Crippen LogP contribution in [0.5, 0.6) is 0 Å². The quantitative estimate of drug-likeness (QED) is 0.268. The number of carbonyl (C=O) groups is 1. The maximum absolute atomic E-state index is 12.4. The second-order valence-electron chi connectivity index (χ2n) is 7.24. The van der Waals surface area contributed by atoms with Crippen LogP contribution < -0.4 is 5.32 Å². The Morgan fingerprint density at radius 3 is 2.65 bits per heavy atom. The summed E-state index contributed by atoms with van der Waals surface area (Å²) in [5.41, 5.74) is 5.17. The number of aromatic nitrogens is 2. The Bertz CT molecular complexity index is 1230. The minimum absolute atomic E-state index is 0.300. The first kappa shape index (κ1) is 21.5. The number of thioether (sulfide) groups is 1. The maximum atomic E-state index is 12.4. The zero-order chi connectivity index (χ0) is 22.0. The van der Waals surface area contributed by atoms with Crippen molar-refractivity contribution in [3.05, 3.63) is 70.2 Å². The molecule has 0 aliphatic heterocycles. The van der Waals surface area contributed by atoms with E-state index < -0.39 is 0 Å². The molecule has 0 aliphatic carbocycles. The summed E-state index contributed by atoms with van der Waals surface area (Å²) in [7, 11) is 0. The van der Waals surface area contributed by atoms with Gasteiger partial charge in [0.25, 0.3) is 0 Å². The predicted molar refractivity (Wildman–Crippen MR) is 129 cm³/mol. The lowest BCUT2D eigenvalue weighted by molar-refractivity contribution is 0.0531. The Morgan fingerprint density at radius 2 is 1.97 bits per heavy atom. The molecular weight excluding hydrogens is 426 g/mol. The van der Waals surface area contributed by atoms with E-state index in [1.807, 2.05) is 18.2 Å². The highest BCUT2D eigenvalue weighted by Crippen LogP contribution is 2.35. The molecule has 160 valence electrons. The van der Waals surface area contributed by atoms with Crippen LogP contribution in [0.1, 0.15) is 33.4 Å². The van der Waals surface area contributed by atoms with E-state index in [4.69, 9.17) is 9.72 Å². The van der Waals surface area contributed by atoms with Crippen molar-refractivity contribution in [2.75, 3.05) is 18.2 Å². The largest absolute Gasteiger partial charge is 0.462 e. The number of rotatable bonds is 7. The fourth-order valence-electron chi connectivity index (χ4n) is 3.55. The van der Waals surface area contributed by atoms with Gasteiger partial charge in [0, 0.05) is 22.7 Å². The average molecular weight is 452 g/mol. The first-order chi connectivity index (χ1) is 15.0. The molecule has 0 atom stereocenters. The summed E-state index contributed by atoms with van der Waals surface area (Å²) >= 11 is 3.08. The monoisotopic (exact) mass is 451 g/mol. The lowest BCUT2D eigenvalue weighted by atomic mass is 10.1. The molecule has 0 saturated carbocycles. The number of hydrogen-bond acceptors (Lipinski definition) is 6. The summed E-state index contributed by atoms with van der Waals surface area (Å²) in [6.45, 7) is 6.86. The van der Waals surface area contributed by atoms with Crippen molar-refractivity contribution >= 4 is 39.8 Å². The van der Waals surface area contributed by atoms with E-state index in [1.165, 1.54) is 27.4 Å². The van der Waals surface area contributed by atoms with Crippen molar-refractivity contribution in [2.45, 2.75) is 32.2 Å². The standard InChI is InChI=1S/C24H25N3O2S2/c1-5-29-23(28)21-16(3)27-22(25-14-17-8-6-7-15(2)13-17)20(26-24(27)31-21)18-9-11-19(30-4)12-10-18/h6-13,25H,5,14H2,1-4H3. The van der Waals surface area contributed by atoms with Gasteiger partial charge in [-0.15, -0.1) is 11.8 Å². The van der Waals surface area contributed by atoms with Gasteiger partial charge in [0.05, 0.1) is 6.61 Å². The van der Waals surface area contributed by atoms with Gasteiger partial charge < -0.3 is 10.1 Å². The van der Waals surface area contributed by atoms with Crippen LogP contribution >= 0.6 is 23.1 Å². The van der Waals surface area contributed by atoms with Crippen molar-refractivity contribution in [2.24, 2.45) is 0 Å². The predicted octanol–water partition coefficient (Wildman–Crippen LogP) is 6.19. The highest BCUT2D eigenvalue weighted by atomic mass is 32.2. The smallest absolute Gasteiger partial charge is 0.350 e. The number of nitrogens with one attached hydrogen (secondary N) is 1. The Labute approximate surface area is 190 Å². The SMILES string of the molecule is CCOC(=O)c1sc2nc(-c3ccc(SC)cc3)c(NCc3cccc(C)c3)n2c1C. The van der Waals surface area contributed by atoms with E-state index in [1.54, 1.807) is 11.8 Å². The number of esters is 1. The number of carbonyl (C=O) groups excluding carboxylic acids is 1. The molecule has 0 aliphatic rings. The number of aryl methyl sites for hydroxylation is 2. The number of ether oxygens (including phenoxy) is 1. The summed E-state index contributed by atoms with van der Waals surface area (Å²) in [4.78, 5) is 19.9. The van der Waals surface area contributed by atoms with Crippen LogP contribution in [-0.2, 0) is 11.3 Å². The summed E-state index contributed by atoms with van der Waals surface area (Å²) in [6.07, 6.45) is 2.07. The van der Waals surface area contributed by atoms with Crippen molar-refractivity contribution in [1.82, 2.24) is 9.38 Å². The zero-order valence-corrected chi connectivity index (χ0v) is 19.7. The Hall–Kier alpha value is -2.77. The van der Waals surface area contributed by atoms with Crippen molar-refractivity contribution in [3.8, 4) is 11.3 Å². The van der Waals surface area contributed by atoms with Crippen LogP contribution in [0.2, 0.25) is 0 Å². The van der Waals surface area contributed by atoms with Crippen LogP contribution in [-0.4, -0.2) is 28.2 Å². The zero-order valence-electron chi connectivity index (χ0n) is 18.1. The van der Waals surface area contributed by atoms with E-state index >= 15 is 0 Å². The molecule has 7 heteroatoms. The minimum Gasteiger partial charge on any atom is -0.462 e. The minimum atomic E-state index is -0.300. The lowest BCUT2D eigenvalue weighted by Gasteiger charge is -2.11. The molecule has 5 nitrogen and oxygen atoms in total. The van der Waals surface area contributed by atoms with Crippen LogP contribution in [0.15, 0.2) is 53.4 Å². The van der Waals surface area contributed by atoms with Crippen molar-refractivity contribution in [3.63, 3.8) is 0 Å². The molecule has 0 amide bonds. The molecule has 2 aromatic carbocycles. The first-order valence-corrected chi connectivity index (χ1v) is 12.2. The van der Waals surface area contributed by atoms with Crippen LogP contribution in [0.4, 0.5) is 5.82 Å². The molecule has 4 rings (SSSR count). The third-order valence-electron chi connectivity index (χ3n) is 5.07. The van der Waals surface area contributed by atoms with Crippen LogP contribution in [0.25, 0.3) is 16.2 Å². The molecule has 31 heavy (non-hydrogen) atoms. The van der Waals surface area contributed by atoms with Crippen LogP contribution in [0, 0.1) is 13.8 Å². The number of benzene rings is 2. The summed E-state index contributed by atoms with van der Waals surface area (Å²) in [5.74, 6) is 0.587. The summed E-state index contributed by atoms with van der Waals surface area (Å²) < 4.78 is 7.27. The third kappa shape index (κ3) is 4.34. The molecular formula is C24H25N3O2S2. The molecule has 2 heterocycles. The topological polar surface area (TPSA) is 55.6 Å². The Balaban J connectivity index is 1.79. The maximum Gasteiger partial charge on any atom is 0.350 e. The Kier molecular flexibility index (Phi) is 6.34.